The van der Waals surface area contributed by atoms with Gasteiger partial charge in [0, 0.05) is 6.20 Å². The van der Waals surface area contributed by atoms with Gasteiger partial charge in [-0.05, 0) is 27.7 Å². The van der Waals surface area contributed by atoms with Gasteiger partial charge in [-0.3, -0.25) is 4.79 Å². The van der Waals surface area contributed by atoms with E-state index in [1.54, 1.807) is 0 Å². The normalized spacial score (nSPS) is 10.6. The molecule has 0 aliphatic carbocycles. The van der Waals surface area contributed by atoms with Crippen LogP contribution < -0.4 is 9.47 Å². The Labute approximate surface area is 94.8 Å². The molecule has 16 heavy (non-hydrogen) atoms. The zero-order valence-corrected chi connectivity index (χ0v) is 9.93. The standard InChI is InChI=1S/C11H16N2O3/c1-7(2)15-10-9(6-14)5-12-11(13-10)16-8(3)4/h5-8H,1-4H3. The number of hydrogen-bond acceptors (Lipinski definition) is 5. The van der Waals surface area contributed by atoms with Crippen LogP contribution in [0.5, 0.6) is 11.9 Å². The van der Waals surface area contributed by atoms with Crippen LogP contribution in [0.3, 0.4) is 0 Å². The smallest absolute Gasteiger partial charge is 0.319 e. The van der Waals surface area contributed by atoms with Crippen LogP contribution in [0.15, 0.2) is 6.20 Å². The van der Waals surface area contributed by atoms with E-state index in [2.05, 4.69) is 9.97 Å². The fourth-order valence-electron chi connectivity index (χ4n) is 1.03. The van der Waals surface area contributed by atoms with E-state index in [1.165, 1.54) is 6.20 Å². The predicted molar refractivity (Wildman–Crippen MR) is 58.9 cm³/mol. The molecule has 0 atom stereocenters. The first-order valence-corrected chi connectivity index (χ1v) is 5.18. The highest BCUT2D eigenvalue weighted by molar-refractivity contribution is 5.77. The van der Waals surface area contributed by atoms with Gasteiger partial charge in [0.15, 0.2) is 6.29 Å². The molecule has 0 aromatic carbocycles. The Bertz CT molecular complexity index is 364. The van der Waals surface area contributed by atoms with Gasteiger partial charge in [-0.2, -0.15) is 4.98 Å². The third-order valence-electron chi connectivity index (χ3n) is 1.57. The van der Waals surface area contributed by atoms with Gasteiger partial charge in [-0.1, -0.05) is 0 Å². The first-order chi connectivity index (χ1) is 7.52. The van der Waals surface area contributed by atoms with Gasteiger partial charge >= 0.3 is 6.01 Å². The summed E-state index contributed by atoms with van der Waals surface area (Å²) >= 11 is 0. The Morgan fingerprint density at radius 3 is 2.31 bits per heavy atom. The average molecular weight is 224 g/mol. The monoisotopic (exact) mass is 224 g/mol. The third-order valence-corrected chi connectivity index (χ3v) is 1.57. The molecule has 0 saturated heterocycles. The third kappa shape index (κ3) is 3.49. The summed E-state index contributed by atoms with van der Waals surface area (Å²) in [5.41, 5.74) is 0.324. The van der Waals surface area contributed by atoms with Crippen LogP contribution in [0.1, 0.15) is 38.1 Å². The molecule has 0 N–H and O–H groups in total. The zero-order chi connectivity index (χ0) is 12.1. The zero-order valence-electron chi connectivity index (χ0n) is 9.93. The number of carbonyl (C=O) groups excluding carboxylic acids is 1. The van der Waals surface area contributed by atoms with E-state index in [4.69, 9.17) is 9.47 Å². The maximum Gasteiger partial charge on any atom is 0.319 e. The topological polar surface area (TPSA) is 61.3 Å². The number of hydrogen-bond donors (Lipinski definition) is 0. The lowest BCUT2D eigenvalue weighted by Gasteiger charge is -2.12. The molecule has 1 aromatic heterocycles. The molecular formula is C11H16N2O3. The van der Waals surface area contributed by atoms with Crippen LogP contribution in [-0.4, -0.2) is 28.5 Å². The highest BCUT2D eigenvalue weighted by atomic mass is 16.5. The molecule has 0 radical (unpaired) electrons. The van der Waals surface area contributed by atoms with E-state index in [-0.39, 0.29) is 24.1 Å². The highest BCUT2D eigenvalue weighted by Crippen LogP contribution is 2.17. The van der Waals surface area contributed by atoms with E-state index in [0.717, 1.165) is 0 Å². The second-order valence-corrected chi connectivity index (χ2v) is 3.86. The SMILES string of the molecule is CC(C)Oc1ncc(C=O)c(OC(C)C)n1. The van der Waals surface area contributed by atoms with Crippen molar-refractivity contribution in [1.29, 1.82) is 0 Å². The number of aldehydes is 1. The van der Waals surface area contributed by atoms with Crippen molar-refractivity contribution in [3.8, 4) is 11.9 Å². The Morgan fingerprint density at radius 2 is 1.81 bits per heavy atom. The van der Waals surface area contributed by atoms with Crippen molar-refractivity contribution < 1.29 is 14.3 Å². The molecule has 0 saturated carbocycles. The molecule has 0 spiro atoms. The van der Waals surface area contributed by atoms with Gasteiger partial charge in [-0.25, -0.2) is 4.98 Å². The Morgan fingerprint density at radius 1 is 1.19 bits per heavy atom. The Kier molecular flexibility index (Phi) is 4.22. The second kappa shape index (κ2) is 5.44. The van der Waals surface area contributed by atoms with Crippen molar-refractivity contribution in [3.05, 3.63) is 11.8 Å². The van der Waals surface area contributed by atoms with Crippen molar-refractivity contribution in [3.63, 3.8) is 0 Å². The lowest BCUT2D eigenvalue weighted by Crippen LogP contribution is -2.12. The van der Waals surface area contributed by atoms with Crippen molar-refractivity contribution >= 4 is 6.29 Å². The number of aromatic nitrogens is 2. The van der Waals surface area contributed by atoms with Crippen LogP contribution in [0, 0.1) is 0 Å². The van der Waals surface area contributed by atoms with E-state index in [9.17, 15) is 4.79 Å². The van der Waals surface area contributed by atoms with Crippen LogP contribution in [0.4, 0.5) is 0 Å². The molecule has 0 unspecified atom stereocenters. The molecule has 0 bridgehead atoms. The first kappa shape index (κ1) is 12.4. The summed E-state index contributed by atoms with van der Waals surface area (Å²) in [5, 5.41) is 0. The van der Waals surface area contributed by atoms with Gasteiger partial charge in [0.1, 0.15) is 0 Å². The summed E-state index contributed by atoms with van der Waals surface area (Å²) in [6.45, 7) is 7.47. The number of ether oxygens (including phenoxy) is 2. The minimum Gasteiger partial charge on any atom is -0.474 e. The van der Waals surface area contributed by atoms with Crippen molar-refractivity contribution in [2.24, 2.45) is 0 Å². The molecule has 0 aliphatic rings. The predicted octanol–water partition coefficient (Wildman–Crippen LogP) is 1.86. The van der Waals surface area contributed by atoms with Gasteiger partial charge in [0.2, 0.25) is 5.88 Å². The number of nitrogens with zero attached hydrogens (tertiary/aromatic N) is 2. The molecule has 5 heteroatoms. The lowest BCUT2D eigenvalue weighted by atomic mass is 10.3. The van der Waals surface area contributed by atoms with Crippen molar-refractivity contribution in [2.45, 2.75) is 39.9 Å². The largest absolute Gasteiger partial charge is 0.474 e. The first-order valence-electron chi connectivity index (χ1n) is 5.18. The van der Waals surface area contributed by atoms with E-state index in [0.29, 0.717) is 11.8 Å². The van der Waals surface area contributed by atoms with Crippen molar-refractivity contribution in [2.75, 3.05) is 0 Å². The molecule has 0 amide bonds. The van der Waals surface area contributed by atoms with E-state index >= 15 is 0 Å². The van der Waals surface area contributed by atoms with Crippen LogP contribution in [-0.2, 0) is 0 Å². The maximum absolute atomic E-state index is 10.7. The van der Waals surface area contributed by atoms with Gasteiger partial charge < -0.3 is 9.47 Å². The van der Waals surface area contributed by atoms with Crippen LogP contribution in [0.2, 0.25) is 0 Å². The second-order valence-electron chi connectivity index (χ2n) is 3.86. The lowest BCUT2D eigenvalue weighted by molar-refractivity contribution is 0.111. The summed E-state index contributed by atoms with van der Waals surface area (Å²) in [5.74, 6) is 0.260. The van der Waals surface area contributed by atoms with Crippen LogP contribution >= 0.6 is 0 Å². The highest BCUT2D eigenvalue weighted by Gasteiger charge is 2.11. The van der Waals surface area contributed by atoms with E-state index in [1.807, 2.05) is 27.7 Å². The summed E-state index contributed by atoms with van der Waals surface area (Å²) in [7, 11) is 0. The van der Waals surface area contributed by atoms with Crippen molar-refractivity contribution in [1.82, 2.24) is 9.97 Å². The molecule has 1 heterocycles. The molecule has 0 fully saturated rings. The quantitative estimate of drug-likeness (QED) is 0.714. The summed E-state index contributed by atoms with van der Waals surface area (Å²) < 4.78 is 10.7. The molecule has 0 aliphatic heterocycles. The Balaban J connectivity index is 2.96. The maximum atomic E-state index is 10.7. The Hall–Kier alpha value is -1.65. The van der Waals surface area contributed by atoms with Gasteiger partial charge in [0.05, 0.1) is 17.8 Å². The summed E-state index contributed by atoms with van der Waals surface area (Å²) in [6.07, 6.45) is 1.99. The van der Waals surface area contributed by atoms with Gasteiger partial charge in [-0.15, -0.1) is 0 Å². The summed E-state index contributed by atoms with van der Waals surface area (Å²) in [4.78, 5) is 18.7. The minimum absolute atomic E-state index is 0.0195. The fourth-order valence-corrected chi connectivity index (χ4v) is 1.03. The van der Waals surface area contributed by atoms with Crippen LogP contribution in [0.25, 0.3) is 0 Å². The number of rotatable bonds is 5. The van der Waals surface area contributed by atoms with Gasteiger partial charge in [0.25, 0.3) is 0 Å². The molecule has 5 nitrogen and oxygen atoms in total. The number of carbonyl (C=O) groups is 1. The fraction of sp³-hybridized carbons (Fsp3) is 0.545. The minimum atomic E-state index is -0.0551. The summed E-state index contributed by atoms with van der Waals surface area (Å²) in [6, 6.07) is 0.219. The molecule has 1 rings (SSSR count). The molecule has 88 valence electrons. The van der Waals surface area contributed by atoms with E-state index < -0.39 is 0 Å². The molecule has 1 aromatic rings. The average Bonchev–Trinajstić information content (AvgIpc) is 2.16. The molecular weight excluding hydrogens is 208 g/mol.